The van der Waals surface area contributed by atoms with E-state index < -0.39 is 0 Å². The molecule has 1 aromatic carbocycles. The van der Waals surface area contributed by atoms with Crippen LogP contribution < -0.4 is 14.8 Å². The van der Waals surface area contributed by atoms with Crippen LogP contribution in [-0.2, 0) is 17.8 Å². The molecule has 1 aliphatic rings. The highest BCUT2D eigenvalue weighted by Crippen LogP contribution is 2.30. The van der Waals surface area contributed by atoms with Crippen molar-refractivity contribution in [1.29, 1.82) is 0 Å². The number of carbonyl (C=O) groups excluding carboxylic acids is 1. The number of hydrogen-bond acceptors (Lipinski definition) is 4. The van der Waals surface area contributed by atoms with Gasteiger partial charge >= 0.3 is 0 Å². The van der Waals surface area contributed by atoms with Gasteiger partial charge in [-0.15, -0.1) is 0 Å². The molecule has 134 valence electrons. The number of rotatable bonds is 5. The summed E-state index contributed by atoms with van der Waals surface area (Å²) in [5.41, 5.74) is 4.40. The molecule has 0 spiro atoms. The van der Waals surface area contributed by atoms with Crippen molar-refractivity contribution in [2.24, 2.45) is 5.92 Å². The molecular formula is C19H25N3O3. The number of nitrogens with zero attached hydrogens (tertiary/aromatic N) is 2. The minimum Gasteiger partial charge on any atom is -0.497 e. The van der Waals surface area contributed by atoms with E-state index in [4.69, 9.17) is 9.47 Å². The van der Waals surface area contributed by atoms with Crippen molar-refractivity contribution in [2.75, 3.05) is 20.3 Å². The summed E-state index contributed by atoms with van der Waals surface area (Å²) in [4.78, 5) is 12.5. The Morgan fingerprint density at radius 3 is 2.88 bits per heavy atom. The maximum Gasteiger partial charge on any atom is 0.226 e. The van der Waals surface area contributed by atoms with E-state index in [1.165, 1.54) is 5.56 Å². The zero-order valence-corrected chi connectivity index (χ0v) is 15.3. The number of nitrogens with one attached hydrogen (secondary N) is 1. The van der Waals surface area contributed by atoms with Crippen LogP contribution in [0.25, 0.3) is 0 Å². The van der Waals surface area contributed by atoms with Crippen molar-refractivity contribution < 1.29 is 14.3 Å². The van der Waals surface area contributed by atoms with E-state index in [9.17, 15) is 4.79 Å². The standard InChI is InChI=1S/C19H25N3O3/c1-12-13(2)21-22(14(12)3)8-7-20-19(23)16-9-15-10-17(24-4)5-6-18(15)25-11-16/h5-6,10,16H,7-9,11H2,1-4H3,(H,20,23)/t16-/m1/s1. The Balaban J connectivity index is 1.56. The second-order valence-electron chi connectivity index (χ2n) is 6.50. The molecule has 0 saturated carbocycles. The summed E-state index contributed by atoms with van der Waals surface area (Å²) in [6.45, 7) is 7.76. The number of aromatic nitrogens is 2. The normalized spacial score (nSPS) is 16.1. The highest BCUT2D eigenvalue weighted by atomic mass is 16.5. The third-order valence-electron chi connectivity index (χ3n) is 4.91. The van der Waals surface area contributed by atoms with Gasteiger partial charge in [0.1, 0.15) is 18.1 Å². The number of carbonyl (C=O) groups is 1. The van der Waals surface area contributed by atoms with Gasteiger partial charge in [-0.05, 0) is 56.5 Å². The SMILES string of the molecule is COc1ccc2c(c1)C[C@@H](C(=O)NCCn1nc(C)c(C)c1C)CO2. The monoisotopic (exact) mass is 343 g/mol. The van der Waals surface area contributed by atoms with Gasteiger partial charge in [-0.1, -0.05) is 0 Å². The number of benzene rings is 1. The predicted molar refractivity (Wildman–Crippen MR) is 95.1 cm³/mol. The molecule has 25 heavy (non-hydrogen) atoms. The van der Waals surface area contributed by atoms with E-state index in [1.807, 2.05) is 29.8 Å². The smallest absolute Gasteiger partial charge is 0.226 e. The summed E-state index contributed by atoms with van der Waals surface area (Å²) >= 11 is 0. The number of hydrogen-bond donors (Lipinski definition) is 1. The van der Waals surface area contributed by atoms with E-state index in [0.29, 0.717) is 26.1 Å². The summed E-state index contributed by atoms with van der Waals surface area (Å²) < 4.78 is 12.9. The molecule has 1 aromatic heterocycles. The van der Waals surface area contributed by atoms with Crippen molar-refractivity contribution in [3.63, 3.8) is 0 Å². The maximum absolute atomic E-state index is 12.5. The molecule has 2 aromatic rings. The number of fused-ring (bicyclic) bond motifs is 1. The lowest BCUT2D eigenvalue weighted by atomic mass is 9.96. The Bertz CT molecular complexity index is 782. The lowest BCUT2D eigenvalue weighted by molar-refractivity contribution is -0.126. The fraction of sp³-hybridized carbons (Fsp3) is 0.474. The third-order valence-corrected chi connectivity index (χ3v) is 4.91. The van der Waals surface area contributed by atoms with Crippen LogP contribution in [-0.4, -0.2) is 35.9 Å². The fourth-order valence-corrected chi connectivity index (χ4v) is 3.10. The van der Waals surface area contributed by atoms with Crippen LogP contribution in [0.1, 0.15) is 22.5 Å². The topological polar surface area (TPSA) is 65.4 Å². The molecule has 0 radical (unpaired) electrons. The highest BCUT2D eigenvalue weighted by Gasteiger charge is 2.26. The number of ether oxygens (including phenoxy) is 2. The largest absolute Gasteiger partial charge is 0.497 e. The fourth-order valence-electron chi connectivity index (χ4n) is 3.10. The van der Waals surface area contributed by atoms with E-state index in [-0.39, 0.29) is 11.8 Å². The Morgan fingerprint density at radius 2 is 2.20 bits per heavy atom. The quantitative estimate of drug-likeness (QED) is 0.904. The van der Waals surface area contributed by atoms with Crippen molar-refractivity contribution in [3.05, 3.63) is 40.7 Å². The molecule has 2 heterocycles. The molecule has 6 heteroatoms. The van der Waals surface area contributed by atoms with E-state index in [0.717, 1.165) is 28.5 Å². The molecule has 0 saturated heterocycles. The van der Waals surface area contributed by atoms with Crippen LogP contribution in [0.3, 0.4) is 0 Å². The van der Waals surface area contributed by atoms with E-state index in [2.05, 4.69) is 24.3 Å². The zero-order chi connectivity index (χ0) is 18.0. The Morgan fingerprint density at radius 1 is 1.40 bits per heavy atom. The molecule has 1 N–H and O–H groups in total. The Kier molecular flexibility index (Phi) is 4.97. The maximum atomic E-state index is 12.5. The second-order valence-corrected chi connectivity index (χ2v) is 6.50. The Hall–Kier alpha value is -2.50. The summed E-state index contributed by atoms with van der Waals surface area (Å²) in [6, 6.07) is 5.70. The van der Waals surface area contributed by atoms with Crippen LogP contribution >= 0.6 is 0 Å². The molecule has 6 nitrogen and oxygen atoms in total. The van der Waals surface area contributed by atoms with Crippen molar-refractivity contribution in [1.82, 2.24) is 15.1 Å². The number of methoxy groups -OCH3 is 1. The molecule has 0 fully saturated rings. The van der Waals surface area contributed by atoms with E-state index in [1.54, 1.807) is 7.11 Å². The number of aryl methyl sites for hydroxylation is 1. The van der Waals surface area contributed by atoms with Crippen molar-refractivity contribution in [2.45, 2.75) is 33.7 Å². The summed E-state index contributed by atoms with van der Waals surface area (Å²) in [7, 11) is 1.64. The number of amides is 1. The van der Waals surface area contributed by atoms with E-state index >= 15 is 0 Å². The average molecular weight is 343 g/mol. The third kappa shape index (κ3) is 3.62. The summed E-state index contributed by atoms with van der Waals surface area (Å²) in [5.74, 6) is 1.46. The Labute approximate surface area is 148 Å². The van der Waals surface area contributed by atoms with Crippen LogP contribution in [0.4, 0.5) is 0 Å². The minimum absolute atomic E-state index is 0.0201. The molecule has 3 rings (SSSR count). The summed E-state index contributed by atoms with van der Waals surface area (Å²) in [6.07, 6.45) is 0.664. The lowest BCUT2D eigenvalue weighted by Gasteiger charge is -2.25. The van der Waals surface area contributed by atoms with Gasteiger partial charge in [-0.25, -0.2) is 0 Å². The zero-order valence-electron chi connectivity index (χ0n) is 15.3. The predicted octanol–water partition coefficient (Wildman–Crippen LogP) is 2.18. The molecule has 1 aliphatic heterocycles. The van der Waals surface area contributed by atoms with Gasteiger partial charge in [-0.2, -0.15) is 5.10 Å². The van der Waals surface area contributed by atoms with Crippen LogP contribution in [0.5, 0.6) is 11.5 Å². The minimum atomic E-state index is -0.179. The molecule has 0 bridgehead atoms. The van der Waals surface area contributed by atoms with Crippen molar-refractivity contribution >= 4 is 5.91 Å². The average Bonchev–Trinajstić information content (AvgIpc) is 2.87. The van der Waals surface area contributed by atoms with Crippen molar-refractivity contribution in [3.8, 4) is 11.5 Å². The second kappa shape index (κ2) is 7.17. The van der Waals surface area contributed by atoms with Gasteiger partial charge in [0.15, 0.2) is 0 Å². The first-order chi connectivity index (χ1) is 12.0. The van der Waals surface area contributed by atoms with Crippen LogP contribution in [0.15, 0.2) is 18.2 Å². The highest BCUT2D eigenvalue weighted by molar-refractivity contribution is 5.79. The molecule has 0 unspecified atom stereocenters. The van der Waals surface area contributed by atoms with Gasteiger partial charge in [0.2, 0.25) is 5.91 Å². The molecule has 0 aliphatic carbocycles. The first-order valence-corrected chi connectivity index (χ1v) is 8.57. The van der Waals surface area contributed by atoms with Crippen LogP contribution in [0.2, 0.25) is 0 Å². The molecule has 1 amide bonds. The summed E-state index contributed by atoms with van der Waals surface area (Å²) in [5, 5.41) is 7.50. The van der Waals surface area contributed by atoms with Gasteiger partial charge in [0.05, 0.1) is 25.3 Å². The molecular weight excluding hydrogens is 318 g/mol. The van der Waals surface area contributed by atoms with Gasteiger partial charge in [-0.3, -0.25) is 9.48 Å². The molecule has 1 atom stereocenters. The van der Waals surface area contributed by atoms with Crippen LogP contribution in [0, 0.1) is 26.7 Å². The first kappa shape index (κ1) is 17.3. The van der Waals surface area contributed by atoms with Gasteiger partial charge < -0.3 is 14.8 Å². The van der Waals surface area contributed by atoms with Gasteiger partial charge in [0, 0.05) is 12.2 Å². The lowest BCUT2D eigenvalue weighted by Crippen LogP contribution is -2.38. The van der Waals surface area contributed by atoms with Gasteiger partial charge in [0.25, 0.3) is 0 Å². The first-order valence-electron chi connectivity index (χ1n) is 8.57.